The van der Waals surface area contributed by atoms with Crippen LogP contribution in [0.1, 0.15) is 18.3 Å². The van der Waals surface area contributed by atoms with Gasteiger partial charge < -0.3 is 15.2 Å². The number of nitrogens with zero attached hydrogens (tertiary/aromatic N) is 3. The molecule has 0 saturated carbocycles. The topological polar surface area (TPSA) is 88.9 Å². The molecule has 174 valence electrons. The summed E-state index contributed by atoms with van der Waals surface area (Å²) in [4.78, 5) is 24.6. The van der Waals surface area contributed by atoms with E-state index in [1.54, 1.807) is 28.8 Å². The van der Waals surface area contributed by atoms with E-state index in [4.69, 9.17) is 11.6 Å². The number of benzene rings is 2. The zero-order valence-corrected chi connectivity index (χ0v) is 18.9. The highest BCUT2D eigenvalue weighted by molar-refractivity contribution is 7.99. The third-order valence-corrected chi connectivity index (χ3v) is 5.68. The van der Waals surface area contributed by atoms with Crippen LogP contribution in [-0.4, -0.2) is 32.3 Å². The number of anilines is 2. The minimum atomic E-state index is -4.56. The number of halogens is 4. The molecule has 2 N–H and O–H groups in total. The fourth-order valence-electron chi connectivity index (χ4n) is 2.86. The second kappa shape index (κ2) is 10.7. The fourth-order valence-corrected chi connectivity index (χ4v) is 3.84. The van der Waals surface area contributed by atoms with E-state index in [2.05, 4.69) is 20.8 Å². The molecule has 0 saturated heterocycles. The van der Waals surface area contributed by atoms with Gasteiger partial charge in [-0.25, -0.2) is 0 Å². The van der Waals surface area contributed by atoms with Gasteiger partial charge in [-0.1, -0.05) is 41.6 Å². The first-order valence-electron chi connectivity index (χ1n) is 9.73. The van der Waals surface area contributed by atoms with Crippen LogP contribution in [0.25, 0.3) is 0 Å². The molecule has 0 spiro atoms. The Morgan fingerprint density at radius 1 is 1.06 bits per heavy atom. The van der Waals surface area contributed by atoms with Crippen LogP contribution >= 0.6 is 23.4 Å². The van der Waals surface area contributed by atoms with Crippen LogP contribution < -0.4 is 10.6 Å². The normalized spacial score (nSPS) is 11.3. The Morgan fingerprint density at radius 2 is 1.79 bits per heavy atom. The molecule has 7 nitrogen and oxygen atoms in total. The Bertz CT molecular complexity index is 1140. The molecule has 12 heteroatoms. The maximum Gasteiger partial charge on any atom is 0.416 e. The van der Waals surface area contributed by atoms with Crippen molar-refractivity contribution in [3.63, 3.8) is 0 Å². The second-order valence-corrected chi connectivity index (χ2v) is 8.11. The van der Waals surface area contributed by atoms with Crippen molar-refractivity contribution >= 4 is 46.6 Å². The van der Waals surface area contributed by atoms with E-state index in [0.29, 0.717) is 23.2 Å². The van der Waals surface area contributed by atoms with Gasteiger partial charge in [-0.3, -0.25) is 9.59 Å². The average molecular weight is 498 g/mol. The molecule has 0 atom stereocenters. The molecular formula is C21H19ClF3N5O2S. The Balaban J connectivity index is 1.61. The van der Waals surface area contributed by atoms with Crippen LogP contribution in [0.15, 0.2) is 53.7 Å². The molecule has 0 radical (unpaired) electrons. The molecule has 1 heterocycles. The summed E-state index contributed by atoms with van der Waals surface area (Å²) < 4.78 is 40.4. The molecule has 3 rings (SSSR count). The molecule has 0 fully saturated rings. The quantitative estimate of drug-likeness (QED) is 0.433. The van der Waals surface area contributed by atoms with E-state index in [9.17, 15) is 22.8 Å². The highest BCUT2D eigenvalue weighted by Crippen LogP contribution is 2.34. The van der Waals surface area contributed by atoms with Gasteiger partial charge in [-0.15, -0.1) is 10.2 Å². The zero-order chi connectivity index (χ0) is 24.0. The van der Waals surface area contributed by atoms with Crippen LogP contribution in [0.5, 0.6) is 0 Å². The van der Waals surface area contributed by atoms with Gasteiger partial charge in [0.25, 0.3) is 0 Å². The average Bonchev–Trinajstić information content (AvgIpc) is 3.14. The summed E-state index contributed by atoms with van der Waals surface area (Å²) in [6, 6.07) is 11.7. The molecule has 0 bridgehead atoms. The molecule has 3 aromatic rings. The van der Waals surface area contributed by atoms with Gasteiger partial charge in [-0.05, 0) is 37.3 Å². The molecule has 33 heavy (non-hydrogen) atoms. The molecule has 0 aliphatic carbocycles. The van der Waals surface area contributed by atoms with E-state index in [-0.39, 0.29) is 28.8 Å². The third-order valence-electron chi connectivity index (χ3n) is 4.39. The van der Waals surface area contributed by atoms with Crippen molar-refractivity contribution in [1.82, 2.24) is 14.8 Å². The second-order valence-electron chi connectivity index (χ2n) is 6.76. The van der Waals surface area contributed by atoms with E-state index in [0.717, 1.165) is 30.0 Å². The van der Waals surface area contributed by atoms with Crippen molar-refractivity contribution in [1.29, 1.82) is 0 Å². The lowest BCUT2D eigenvalue weighted by Gasteiger charge is -2.12. The van der Waals surface area contributed by atoms with E-state index >= 15 is 0 Å². The van der Waals surface area contributed by atoms with Crippen molar-refractivity contribution in [2.24, 2.45) is 0 Å². The van der Waals surface area contributed by atoms with Crippen molar-refractivity contribution in [2.75, 3.05) is 16.4 Å². The monoisotopic (exact) mass is 497 g/mol. The van der Waals surface area contributed by atoms with Crippen LogP contribution in [0.2, 0.25) is 5.02 Å². The molecule has 0 unspecified atom stereocenters. The summed E-state index contributed by atoms with van der Waals surface area (Å²) in [7, 11) is 0. The first kappa shape index (κ1) is 24.6. The molecular weight excluding hydrogens is 479 g/mol. The van der Waals surface area contributed by atoms with Crippen LogP contribution in [0.4, 0.5) is 24.5 Å². The smallest absolute Gasteiger partial charge is 0.326 e. The summed E-state index contributed by atoms with van der Waals surface area (Å²) in [5.41, 5.74) is -0.393. The molecule has 1 aromatic heterocycles. The zero-order valence-electron chi connectivity index (χ0n) is 17.3. The van der Waals surface area contributed by atoms with E-state index in [1.807, 2.05) is 13.0 Å². The lowest BCUT2D eigenvalue weighted by atomic mass is 10.2. The summed E-state index contributed by atoms with van der Waals surface area (Å²) in [5, 5.41) is 13.6. The highest BCUT2D eigenvalue weighted by atomic mass is 35.5. The Morgan fingerprint density at radius 3 is 2.45 bits per heavy atom. The number of hydrogen-bond acceptors (Lipinski definition) is 5. The van der Waals surface area contributed by atoms with Gasteiger partial charge in [-0.2, -0.15) is 13.2 Å². The number of rotatable bonds is 8. The lowest BCUT2D eigenvalue weighted by molar-refractivity contribution is -0.137. The fraction of sp³-hybridized carbons (Fsp3) is 0.238. The minimum Gasteiger partial charge on any atom is -0.326 e. The number of alkyl halides is 3. The Kier molecular flexibility index (Phi) is 7.98. The number of carbonyl (C=O) groups is 2. The third kappa shape index (κ3) is 6.72. The number of carbonyl (C=O) groups excluding carboxylic acids is 2. The SMILES string of the molecule is CCn1c(CC(=O)Nc2ccccc2)nnc1SCC(=O)Nc1cc(C(F)(F)F)ccc1Cl. The van der Waals surface area contributed by atoms with Gasteiger partial charge in [0.2, 0.25) is 11.8 Å². The summed E-state index contributed by atoms with van der Waals surface area (Å²) in [6.45, 7) is 2.30. The minimum absolute atomic E-state index is 0.00945. The maximum atomic E-state index is 12.9. The Labute approximate surface area is 196 Å². The first-order chi connectivity index (χ1) is 15.7. The van der Waals surface area contributed by atoms with Gasteiger partial charge >= 0.3 is 6.18 Å². The standard InChI is InChI=1S/C21H19ClF3N5O2S/c1-2-30-17(11-18(31)26-14-6-4-3-5-7-14)28-29-20(30)33-12-19(32)27-16-10-13(21(23,24)25)8-9-15(16)22/h3-10H,2,11-12H2,1H3,(H,26,31)(H,27,32). The van der Waals surface area contributed by atoms with Crippen LogP contribution in [-0.2, 0) is 28.7 Å². The molecule has 2 amide bonds. The van der Waals surface area contributed by atoms with E-state index < -0.39 is 17.6 Å². The number of thioether (sulfide) groups is 1. The van der Waals surface area contributed by atoms with Crippen LogP contribution in [0, 0.1) is 0 Å². The van der Waals surface area contributed by atoms with Gasteiger partial charge in [0, 0.05) is 12.2 Å². The molecule has 0 aliphatic rings. The summed E-state index contributed by atoms with van der Waals surface area (Å²) >= 11 is 6.96. The van der Waals surface area contributed by atoms with Crippen LogP contribution in [0.3, 0.4) is 0 Å². The van der Waals surface area contributed by atoms with Crippen molar-refractivity contribution < 1.29 is 22.8 Å². The number of nitrogens with one attached hydrogen (secondary N) is 2. The molecule has 2 aromatic carbocycles. The largest absolute Gasteiger partial charge is 0.416 e. The number of para-hydroxylation sites is 1. The van der Waals surface area contributed by atoms with Crippen molar-refractivity contribution in [3.8, 4) is 0 Å². The summed E-state index contributed by atoms with van der Waals surface area (Å²) in [6.07, 6.45) is -4.57. The van der Waals surface area contributed by atoms with Gasteiger partial charge in [0.15, 0.2) is 5.16 Å². The Hall–Kier alpha value is -3.05. The predicted octanol–water partition coefficient (Wildman–Crippen LogP) is 4.88. The number of aromatic nitrogens is 3. The summed E-state index contributed by atoms with van der Waals surface area (Å²) in [5.74, 6) is -0.539. The predicted molar refractivity (Wildman–Crippen MR) is 120 cm³/mol. The first-order valence-corrected chi connectivity index (χ1v) is 11.1. The number of hydrogen-bond donors (Lipinski definition) is 2. The van der Waals surface area contributed by atoms with Gasteiger partial charge in [0.1, 0.15) is 5.82 Å². The van der Waals surface area contributed by atoms with Gasteiger partial charge in [0.05, 0.1) is 28.4 Å². The molecule has 0 aliphatic heterocycles. The van der Waals surface area contributed by atoms with E-state index in [1.165, 1.54) is 0 Å². The lowest BCUT2D eigenvalue weighted by Crippen LogP contribution is -2.18. The number of amides is 2. The highest BCUT2D eigenvalue weighted by Gasteiger charge is 2.31. The van der Waals surface area contributed by atoms with Crippen molar-refractivity contribution in [3.05, 3.63) is 64.9 Å². The maximum absolute atomic E-state index is 12.9. The van der Waals surface area contributed by atoms with Crippen molar-refractivity contribution in [2.45, 2.75) is 31.2 Å².